The summed E-state index contributed by atoms with van der Waals surface area (Å²) in [6, 6.07) is 9.34. The van der Waals surface area contributed by atoms with E-state index in [0.29, 0.717) is 0 Å². The van der Waals surface area contributed by atoms with E-state index in [1.54, 1.807) is 0 Å². The van der Waals surface area contributed by atoms with Crippen molar-refractivity contribution in [3.05, 3.63) is 53.3 Å². The molecule has 6 nitrogen and oxygen atoms in total. The molecule has 1 aromatic carbocycles. The molecule has 0 aliphatic carbocycles. The molecule has 1 aliphatic rings. The van der Waals surface area contributed by atoms with E-state index in [0.717, 1.165) is 48.9 Å². The van der Waals surface area contributed by atoms with Crippen molar-refractivity contribution < 1.29 is 4.79 Å². The molecule has 0 saturated carbocycles. The van der Waals surface area contributed by atoms with Gasteiger partial charge in [0.15, 0.2) is 0 Å². The van der Waals surface area contributed by atoms with Crippen LogP contribution in [0.15, 0.2) is 36.5 Å². The van der Waals surface area contributed by atoms with Crippen molar-refractivity contribution in [3.8, 4) is 0 Å². The van der Waals surface area contributed by atoms with Gasteiger partial charge in [-0.05, 0) is 25.0 Å². The smallest absolute Gasteiger partial charge is 0.239 e. The number of piperazine rings is 1. The lowest BCUT2D eigenvalue weighted by atomic mass is 10.0. The summed E-state index contributed by atoms with van der Waals surface area (Å²) in [6.07, 6.45) is 1.86. The number of hydrogen-bond donors (Lipinski definition) is 1. The minimum absolute atomic E-state index is 0.308. The standard InChI is InChI=1S/C18H23N5O/c1-13-12-20-18(21-14(13)2)23-10-8-22(9-11-23)16(17(19)24)15-6-4-3-5-7-15/h3-7,12,16H,8-11H2,1-2H3,(H2,19,24)/t16-/m1/s1. The Morgan fingerprint density at radius 2 is 1.79 bits per heavy atom. The number of anilines is 1. The fraction of sp³-hybridized carbons (Fsp3) is 0.389. The summed E-state index contributed by atoms with van der Waals surface area (Å²) in [5.41, 5.74) is 8.70. The van der Waals surface area contributed by atoms with Crippen LogP contribution in [-0.4, -0.2) is 47.0 Å². The largest absolute Gasteiger partial charge is 0.368 e. The van der Waals surface area contributed by atoms with Crippen LogP contribution in [0.1, 0.15) is 22.9 Å². The van der Waals surface area contributed by atoms with Gasteiger partial charge in [-0.3, -0.25) is 9.69 Å². The zero-order valence-corrected chi connectivity index (χ0v) is 14.1. The van der Waals surface area contributed by atoms with Crippen molar-refractivity contribution in [1.82, 2.24) is 14.9 Å². The molecule has 0 spiro atoms. The molecular formula is C18H23N5O. The van der Waals surface area contributed by atoms with Crippen molar-refractivity contribution in [1.29, 1.82) is 0 Å². The molecule has 6 heteroatoms. The van der Waals surface area contributed by atoms with Crippen molar-refractivity contribution in [2.45, 2.75) is 19.9 Å². The maximum absolute atomic E-state index is 12.0. The van der Waals surface area contributed by atoms with E-state index in [1.807, 2.05) is 50.4 Å². The molecule has 0 radical (unpaired) electrons. The normalized spacial score (nSPS) is 16.8. The number of amides is 1. The van der Waals surface area contributed by atoms with E-state index in [9.17, 15) is 4.79 Å². The molecule has 1 fully saturated rings. The van der Waals surface area contributed by atoms with Gasteiger partial charge in [0.05, 0.1) is 0 Å². The lowest BCUT2D eigenvalue weighted by molar-refractivity contribution is -0.123. The number of nitrogens with zero attached hydrogens (tertiary/aromatic N) is 4. The quantitative estimate of drug-likeness (QED) is 0.921. The zero-order valence-electron chi connectivity index (χ0n) is 14.1. The molecule has 24 heavy (non-hydrogen) atoms. The summed E-state index contributed by atoms with van der Waals surface area (Å²) < 4.78 is 0. The average molecular weight is 325 g/mol. The lowest BCUT2D eigenvalue weighted by Crippen LogP contribution is -2.50. The van der Waals surface area contributed by atoms with E-state index in [-0.39, 0.29) is 11.9 Å². The number of primary amides is 1. The molecular weight excluding hydrogens is 302 g/mol. The van der Waals surface area contributed by atoms with Gasteiger partial charge in [-0.15, -0.1) is 0 Å². The highest BCUT2D eigenvalue weighted by molar-refractivity contribution is 5.81. The summed E-state index contributed by atoms with van der Waals surface area (Å²) in [4.78, 5) is 25.3. The first-order valence-electron chi connectivity index (χ1n) is 8.20. The fourth-order valence-corrected chi connectivity index (χ4v) is 3.04. The van der Waals surface area contributed by atoms with Gasteiger partial charge in [0.25, 0.3) is 0 Å². The molecule has 1 saturated heterocycles. The first kappa shape index (κ1) is 16.4. The van der Waals surface area contributed by atoms with Crippen LogP contribution in [0, 0.1) is 13.8 Å². The third-order valence-electron chi connectivity index (χ3n) is 4.56. The van der Waals surface area contributed by atoms with Crippen LogP contribution in [0.25, 0.3) is 0 Å². The molecule has 1 atom stereocenters. The first-order valence-corrected chi connectivity index (χ1v) is 8.20. The number of aryl methyl sites for hydroxylation is 2. The highest BCUT2D eigenvalue weighted by atomic mass is 16.1. The summed E-state index contributed by atoms with van der Waals surface area (Å²) in [7, 11) is 0. The molecule has 3 rings (SSSR count). The average Bonchev–Trinajstić information content (AvgIpc) is 2.59. The van der Waals surface area contributed by atoms with Gasteiger partial charge in [0.2, 0.25) is 11.9 Å². The number of carbonyl (C=O) groups is 1. The van der Waals surface area contributed by atoms with Crippen LogP contribution in [0.3, 0.4) is 0 Å². The van der Waals surface area contributed by atoms with Crippen molar-refractivity contribution >= 4 is 11.9 Å². The molecule has 2 heterocycles. The van der Waals surface area contributed by atoms with Crippen LogP contribution < -0.4 is 10.6 Å². The van der Waals surface area contributed by atoms with Gasteiger partial charge < -0.3 is 10.6 Å². The van der Waals surface area contributed by atoms with Crippen LogP contribution in [0.4, 0.5) is 5.95 Å². The van der Waals surface area contributed by atoms with Gasteiger partial charge in [0, 0.05) is 38.1 Å². The van der Waals surface area contributed by atoms with Gasteiger partial charge in [-0.1, -0.05) is 30.3 Å². The minimum atomic E-state index is -0.381. The van der Waals surface area contributed by atoms with E-state index < -0.39 is 0 Å². The Labute approximate surface area is 142 Å². The van der Waals surface area contributed by atoms with Gasteiger partial charge >= 0.3 is 0 Å². The second-order valence-corrected chi connectivity index (χ2v) is 6.18. The number of carbonyl (C=O) groups excluding carboxylic acids is 1. The molecule has 126 valence electrons. The number of aromatic nitrogens is 2. The first-order chi connectivity index (χ1) is 11.6. The molecule has 0 unspecified atom stereocenters. The Balaban J connectivity index is 1.71. The zero-order chi connectivity index (χ0) is 17.1. The Morgan fingerprint density at radius 3 is 2.38 bits per heavy atom. The van der Waals surface area contributed by atoms with Crippen molar-refractivity contribution in [2.75, 3.05) is 31.1 Å². The molecule has 1 amide bonds. The number of rotatable bonds is 4. The highest BCUT2D eigenvalue weighted by Gasteiger charge is 2.29. The molecule has 2 N–H and O–H groups in total. The van der Waals surface area contributed by atoms with Gasteiger partial charge in [0.1, 0.15) is 6.04 Å². The molecule has 1 aromatic heterocycles. The fourth-order valence-electron chi connectivity index (χ4n) is 3.04. The summed E-state index contributed by atoms with van der Waals surface area (Å²) >= 11 is 0. The minimum Gasteiger partial charge on any atom is -0.368 e. The van der Waals surface area contributed by atoms with Crippen molar-refractivity contribution in [3.63, 3.8) is 0 Å². The Kier molecular flexibility index (Phi) is 4.76. The summed E-state index contributed by atoms with van der Waals surface area (Å²) in [5.74, 6) is 0.449. The van der Waals surface area contributed by atoms with Gasteiger partial charge in [-0.25, -0.2) is 9.97 Å². The SMILES string of the molecule is Cc1cnc(N2CCN([C@@H](C(N)=O)c3ccccc3)CC2)nc1C. The maximum Gasteiger partial charge on any atom is 0.239 e. The second-order valence-electron chi connectivity index (χ2n) is 6.18. The van der Waals surface area contributed by atoms with Crippen molar-refractivity contribution in [2.24, 2.45) is 5.73 Å². The summed E-state index contributed by atoms with van der Waals surface area (Å²) in [5, 5.41) is 0. The van der Waals surface area contributed by atoms with E-state index in [1.165, 1.54) is 0 Å². The number of nitrogens with two attached hydrogens (primary N) is 1. The number of benzene rings is 1. The topological polar surface area (TPSA) is 75.3 Å². The maximum atomic E-state index is 12.0. The highest BCUT2D eigenvalue weighted by Crippen LogP contribution is 2.23. The third kappa shape index (κ3) is 3.38. The second kappa shape index (κ2) is 6.97. The lowest BCUT2D eigenvalue weighted by Gasteiger charge is -2.38. The third-order valence-corrected chi connectivity index (χ3v) is 4.56. The van der Waals surface area contributed by atoms with E-state index in [2.05, 4.69) is 19.8 Å². The van der Waals surface area contributed by atoms with Gasteiger partial charge in [-0.2, -0.15) is 0 Å². The van der Waals surface area contributed by atoms with E-state index >= 15 is 0 Å². The Bertz CT molecular complexity index is 711. The predicted molar refractivity (Wildman–Crippen MR) is 93.7 cm³/mol. The number of hydrogen-bond acceptors (Lipinski definition) is 5. The molecule has 2 aromatic rings. The Morgan fingerprint density at radius 1 is 1.12 bits per heavy atom. The monoisotopic (exact) mass is 325 g/mol. The van der Waals surface area contributed by atoms with Crippen LogP contribution in [0.2, 0.25) is 0 Å². The van der Waals surface area contributed by atoms with E-state index in [4.69, 9.17) is 5.73 Å². The molecule has 0 bridgehead atoms. The summed E-state index contributed by atoms with van der Waals surface area (Å²) in [6.45, 7) is 7.06. The van der Waals surface area contributed by atoms with Crippen LogP contribution in [-0.2, 0) is 4.79 Å². The molecule has 1 aliphatic heterocycles. The van der Waals surface area contributed by atoms with Crippen LogP contribution in [0.5, 0.6) is 0 Å². The Hall–Kier alpha value is -2.47. The van der Waals surface area contributed by atoms with Crippen LogP contribution >= 0.6 is 0 Å². The predicted octanol–water partition coefficient (Wildman–Crippen LogP) is 1.44.